The zero-order valence-electron chi connectivity index (χ0n) is 20.3. The molecule has 9 heteroatoms. The second-order valence-electron chi connectivity index (χ2n) is 8.99. The van der Waals surface area contributed by atoms with E-state index in [2.05, 4.69) is 23.4 Å². The molecule has 1 aromatic carbocycles. The fourth-order valence-corrected chi connectivity index (χ4v) is 4.57. The number of ether oxygens (including phenoxy) is 2. The van der Waals surface area contributed by atoms with Crippen LogP contribution in [0.2, 0.25) is 0 Å². The van der Waals surface area contributed by atoms with Crippen molar-refractivity contribution in [1.29, 1.82) is 0 Å². The summed E-state index contributed by atoms with van der Waals surface area (Å²) >= 11 is 0. The topological polar surface area (TPSA) is 113 Å². The van der Waals surface area contributed by atoms with Crippen LogP contribution in [-0.2, 0) is 4.79 Å². The van der Waals surface area contributed by atoms with Gasteiger partial charge in [0.15, 0.2) is 5.78 Å². The zero-order valence-corrected chi connectivity index (χ0v) is 20.3. The summed E-state index contributed by atoms with van der Waals surface area (Å²) in [6.07, 6.45) is 5.28. The summed E-state index contributed by atoms with van der Waals surface area (Å²) in [6, 6.07) is 5.24. The van der Waals surface area contributed by atoms with Crippen molar-refractivity contribution in [2.75, 3.05) is 33.0 Å². The molecule has 3 aromatic rings. The smallest absolute Gasteiger partial charge is 0.246 e. The van der Waals surface area contributed by atoms with Gasteiger partial charge in [-0.25, -0.2) is 4.98 Å². The number of hydrogen-bond acceptors (Lipinski definition) is 7. The first kappa shape index (κ1) is 23.4. The summed E-state index contributed by atoms with van der Waals surface area (Å²) in [5, 5.41) is 5.37. The van der Waals surface area contributed by atoms with Gasteiger partial charge in [-0.2, -0.15) is 5.10 Å². The third-order valence-corrected chi connectivity index (χ3v) is 6.64. The van der Waals surface area contributed by atoms with Gasteiger partial charge in [-0.05, 0) is 43.4 Å². The fraction of sp³-hybridized carbons (Fsp3) is 0.333. The van der Waals surface area contributed by atoms with Gasteiger partial charge in [0.05, 0.1) is 36.7 Å². The molecule has 0 radical (unpaired) electrons. The molecule has 184 valence electrons. The molecule has 2 fully saturated rings. The molecule has 2 aliphatic rings. The summed E-state index contributed by atoms with van der Waals surface area (Å²) < 4.78 is 12.5. The van der Waals surface area contributed by atoms with E-state index in [9.17, 15) is 9.59 Å². The SMILES string of the molecule is C=CC(=O)N1CCC(n2nc(C#Cc3cc(OC)cc(OC)c3)c3c(N)ncc(C(=O)C4CC4)c32)C1. The lowest BCUT2D eigenvalue weighted by Crippen LogP contribution is -2.27. The number of aromatic nitrogens is 3. The summed E-state index contributed by atoms with van der Waals surface area (Å²) in [6.45, 7) is 4.63. The number of pyridine rings is 1. The third kappa shape index (κ3) is 4.26. The van der Waals surface area contributed by atoms with E-state index in [0.717, 1.165) is 12.8 Å². The molecule has 5 rings (SSSR count). The van der Waals surface area contributed by atoms with E-state index in [4.69, 9.17) is 20.3 Å². The van der Waals surface area contributed by atoms with Gasteiger partial charge in [0, 0.05) is 36.8 Å². The highest BCUT2D eigenvalue weighted by atomic mass is 16.5. The molecule has 0 bridgehead atoms. The van der Waals surface area contributed by atoms with Gasteiger partial charge < -0.3 is 20.1 Å². The normalized spacial score (nSPS) is 16.9. The average Bonchev–Trinajstić information content (AvgIpc) is 3.51. The third-order valence-electron chi connectivity index (χ3n) is 6.64. The number of benzene rings is 1. The Kier molecular flexibility index (Phi) is 6.10. The van der Waals surface area contributed by atoms with E-state index >= 15 is 0 Å². The number of rotatable bonds is 6. The molecule has 1 aliphatic heterocycles. The van der Waals surface area contributed by atoms with Crippen molar-refractivity contribution in [2.45, 2.75) is 25.3 Å². The number of hydrogen-bond donors (Lipinski definition) is 1. The molecule has 3 heterocycles. The van der Waals surface area contributed by atoms with Crippen molar-refractivity contribution < 1.29 is 19.1 Å². The number of fused-ring (bicyclic) bond motifs is 1. The van der Waals surface area contributed by atoms with Gasteiger partial charge in [-0.3, -0.25) is 14.3 Å². The molecule has 1 saturated carbocycles. The predicted molar refractivity (Wildman–Crippen MR) is 135 cm³/mol. The first-order chi connectivity index (χ1) is 17.4. The number of carbonyl (C=O) groups is 2. The van der Waals surface area contributed by atoms with E-state index in [-0.39, 0.29) is 29.5 Å². The number of nitrogens with two attached hydrogens (primary N) is 1. The van der Waals surface area contributed by atoms with Gasteiger partial charge in [0.1, 0.15) is 23.0 Å². The summed E-state index contributed by atoms with van der Waals surface area (Å²) in [5.74, 6) is 7.66. The van der Waals surface area contributed by atoms with Crippen LogP contribution in [0.4, 0.5) is 5.82 Å². The summed E-state index contributed by atoms with van der Waals surface area (Å²) in [7, 11) is 3.15. The van der Waals surface area contributed by atoms with Gasteiger partial charge in [0.25, 0.3) is 0 Å². The second-order valence-corrected chi connectivity index (χ2v) is 8.99. The molecule has 2 N–H and O–H groups in total. The van der Waals surface area contributed by atoms with E-state index in [1.165, 1.54) is 6.08 Å². The van der Waals surface area contributed by atoms with Crippen LogP contribution >= 0.6 is 0 Å². The largest absolute Gasteiger partial charge is 0.497 e. The molecule has 1 saturated heterocycles. The molecule has 2 aromatic heterocycles. The average molecular weight is 486 g/mol. The van der Waals surface area contributed by atoms with Gasteiger partial charge in [0.2, 0.25) is 5.91 Å². The molecule has 1 amide bonds. The van der Waals surface area contributed by atoms with Crippen LogP contribution in [0.3, 0.4) is 0 Å². The lowest BCUT2D eigenvalue weighted by molar-refractivity contribution is -0.125. The Bertz CT molecular complexity index is 1420. The summed E-state index contributed by atoms with van der Waals surface area (Å²) in [5.41, 5.74) is 8.56. The van der Waals surface area contributed by atoms with Gasteiger partial charge in [-0.15, -0.1) is 0 Å². The first-order valence-corrected chi connectivity index (χ1v) is 11.8. The van der Waals surface area contributed by atoms with E-state index in [1.807, 2.05) is 4.68 Å². The van der Waals surface area contributed by atoms with Crippen LogP contribution in [0.1, 0.15) is 46.9 Å². The fourth-order valence-electron chi connectivity index (χ4n) is 4.57. The number of anilines is 1. The predicted octanol–water partition coefficient (Wildman–Crippen LogP) is 2.98. The van der Waals surface area contributed by atoms with Crippen molar-refractivity contribution >= 4 is 28.4 Å². The highest BCUT2D eigenvalue weighted by Gasteiger charge is 2.35. The lowest BCUT2D eigenvalue weighted by Gasteiger charge is -2.16. The minimum atomic E-state index is -0.128. The molecular weight excluding hydrogens is 458 g/mol. The Morgan fingerprint density at radius 2 is 1.86 bits per heavy atom. The highest BCUT2D eigenvalue weighted by molar-refractivity contribution is 6.11. The second kappa shape index (κ2) is 9.38. The standard InChI is InChI=1S/C27H27N5O4/c1-4-23(33)31-10-9-18(15-31)32-25-21(26(34)17-6-7-17)14-29-27(28)24(25)22(30-32)8-5-16-11-19(35-2)13-20(12-16)36-3/h4,11-14,17-18H,1,6-7,9-10,15H2,2-3H3,(H2,28,29). The number of amides is 1. The minimum Gasteiger partial charge on any atom is -0.497 e. The number of carbonyl (C=O) groups excluding carboxylic acids is 2. The first-order valence-electron chi connectivity index (χ1n) is 11.8. The van der Waals surface area contributed by atoms with Crippen LogP contribution in [-0.4, -0.2) is 58.7 Å². The monoisotopic (exact) mass is 485 g/mol. The number of nitrogens with zero attached hydrogens (tertiary/aromatic N) is 4. The molecule has 36 heavy (non-hydrogen) atoms. The van der Waals surface area contributed by atoms with Gasteiger partial charge in [-0.1, -0.05) is 12.5 Å². The van der Waals surface area contributed by atoms with Crippen molar-refractivity contribution in [1.82, 2.24) is 19.7 Å². The molecular formula is C27H27N5O4. The maximum absolute atomic E-state index is 13.2. The number of ketones is 1. The Labute approximate surface area is 208 Å². The molecule has 1 aliphatic carbocycles. The molecule has 1 unspecified atom stereocenters. The van der Waals surface area contributed by atoms with Crippen LogP contribution < -0.4 is 15.2 Å². The Hall–Kier alpha value is -4.32. The van der Waals surface area contributed by atoms with E-state index in [1.54, 1.807) is 43.5 Å². The van der Waals surface area contributed by atoms with Crippen LogP contribution in [0.25, 0.3) is 10.9 Å². The number of Topliss-reactive ketones (excluding diaryl/α,β-unsaturated/α-hetero) is 1. The molecule has 1 atom stereocenters. The van der Waals surface area contributed by atoms with Crippen molar-refractivity contribution in [3.05, 3.63) is 53.9 Å². The van der Waals surface area contributed by atoms with E-state index in [0.29, 0.717) is 58.7 Å². The van der Waals surface area contributed by atoms with Crippen molar-refractivity contribution in [3.63, 3.8) is 0 Å². The minimum absolute atomic E-state index is 0.00294. The number of likely N-dealkylation sites (tertiary alicyclic amines) is 1. The van der Waals surface area contributed by atoms with Crippen LogP contribution in [0, 0.1) is 17.8 Å². The summed E-state index contributed by atoms with van der Waals surface area (Å²) in [4.78, 5) is 31.4. The van der Waals surface area contributed by atoms with Crippen molar-refractivity contribution in [2.24, 2.45) is 5.92 Å². The molecule has 9 nitrogen and oxygen atoms in total. The number of methoxy groups -OCH3 is 2. The maximum atomic E-state index is 13.2. The zero-order chi connectivity index (χ0) is 25.4. The quantitative estimate of drug-likeness (QED) is 0.324. The van der Waals surface area contributed by atoms with Gasteiger partial charge >= 0.3 is 0 Å². The van der Waals surface area contributed by atoms with Crippen molar-refractivity contribution in [3.8, 4) is 23.3 Å². The Balaban J connectivity index is 1.65. The number of nitrogen functional groups attached to an aromatic ring is 1. The lowest BCUT2D eigenvalue weighted by atomic mass is 10.0. The highest BCUT2D eigenvalue weighted by Crippen LogP contribution is 2.37. The Morgan fingerprint density at radius 1 is 1.14 bits per heavy atom. The Morgan fingerprint density at radius 3 is 2.50 bits per heavy atom. The molecule has 0 spiro atoms. The van der Waals surface area contributed by atoms with E-state index < -0.39 is 0 Å². The maximum Gasteiger partial charge on any atom is 0.246 e. The van der Waals surface area contributed by atoms with Crippen LogP contribution in [0.15, 0.2) is 37.1 Å². The van der Waals surface area contributed by atoms with Crippen LogP contribution in [0.5, 0.6) is 11.5 Å².